The van der Waals surface area contributed by atoms with Gasteiger partial charge >= 0.3 is 11.9 Å². The lowest BCUT2D eigenvalue weighted by molar-refractivity contribution is -0.159. The van der Waals surface area contributed by atoms with Gasteiger partial charge in [0.1, 0.15) is 0 Å². The van der Waals surface area contributed by atoms with E-state index in [2.05, 4.69) is 4.99 Å². The third-order valence-electron chi connectivity index (χ3n) is 1.91. The first-order chi connectivity index (χ1) is 8.84. The summed E-state index contributed by atoms with van der Waals surface area (Å²) in [6.07, 6.45) is 0. The molecule has 0 unspecified atom stereocenters. The van der Waals surface area contributed by atoms with E-state index in [-0.39, 0.29) is 0 Å². The van der Waals surface area contributed by atoms with Gasteiger partial charge in [-0.1, -0.05) is 30.3 Å². The van der Waals surface area contributed by atoms with E-state index < -0.39 is 11.9 Å². The van der Waals surface area contributed by atoms with Gasteiger partial charge in [-0.2, -0.15) is 0 Å². The first kappa shape index (κ1) is 16.4. The number of carboxylic acid groups (broad SMARTS) is 2. The number of aliphatic imine (C=N–C) groups is 1. The molecule has 0 radical (unpaired) electrons. The zero-order valence-electron chi connectivity index (χ0n) is 10.8. The predicted octanol–water partition coefficient (Wildman–Crippen LogP) is 0.219. The summed E-state index contributed by atoms with van der Waals surface area (Å²) in [6, 6.07) is 10.1. The van der Waals surface area contributed by atoms with Crippen molar-refractivity contribution in [3.63, 3.8) is 0 Å². The monoisotopic (exact) mass is 267 g/mol. The Balaban J connectivity index is 0.000000459. The number of guanidine groups is 1. The molecule has 0 spiro atoms. The number of nitrogens with two attached hydrogens (primary N) is 1. The van der Waals surface area contributed by atoms with Crippen molar-refractivity contribution in [2.24, 2.45) is 10.7 Å². The Hall–Kier alpha value is -2.57. The molecule has 0 saturated carbocycles. The lowest BCUT2D eigenvalue weighted by Crippen LogP contribution is -2.30. The van der Waals surface area contributed by atoms with Gasteiger partial charge < -0.3 is 20.8 Å². The largest absolute Gasteiger partial charge is 0.473 e. The summed E-state index contributed by atoms with van der Waals surface area (Å²) < 4.78 is 0. The van der Waals surface area contributed by atoms with Crippen molar-refractivity contribution in [1.29, 1.82) is 0 Å². The Kier molecular flexibility index (Phi) is 7.36. The molecule has 0 aliphatic heterocycles. The fraction of sp³-hybridized carbons (Fsp3) is 0.250. The van der Waals surface area contributed by atoms with Gasteiger partial charge in [-0.15, -0.1) is 0 Å². The highest BCUT2D eigenvalue weighted by molar-refractivity contribution is 6.27. The number of carboxylic acids is 2. The van der Waals surface area contributed by atoms with E-state index in [0.717, 1.165) is 0 Å². The van der Waals surface area contributed by atoms with Crippen LogP contribution in [0.1, 0.15) is 5.56 Å². The zero-order valence-corrected chi connectivity index (χ0v) is 10.8. The van der Waals surface area contributed by atoms with E-state index in [1.54, 1.807) is 4.90 Å². The normalized spacial score (nSPS) is 10.1. The van der Waals surface area contributed by atoms with E-state index in [1.165, 1.54) is 5.56 Å². The molecule has 1 aromatic rings. The van der Waals surface area contributed by atoms with Crippen LogP contribution >= 0.6 is 0 Å². The molecule has 1 rings (SSSR count). The van der Waals surface area contributed by atoms with Gasteiger partial charge in [-0.25, -0.2) is 14.6 Å². The number of benzene rings is 1. The summed E-state index contributed by atoms with van der Waals surface area (Å²) in [5.41, 5.74) is 6.81. The second-order valence-corrected chi connectivity index (χ2v) is 3.66. The van der Waals surface area contributed by atoms with Crippen molar-refractivity contribution >= 4 is 17.9 Å². The maximum absolute atomic E-state index is 9.10. The minimum absolute atomic E-state index is 0.559. The molecule has 0 heterocycles. The predicted molar refractivity (Wildman–Crippen MR) is 70.7 cm³/mol. The quantitative estimate of drug-likeness (QED) is 0.401. The van der Waals surface area contributed by atoms with Crippen LogP contribution in [0.5, 0.6) is 0 Å². The summed E-state index contributed by atoms with van der Waals surface area (Å²) in [4.78, 5) is 24.2. The lowest BCUT2D eigenvalue weighted by atomic mass is 10.2. The molecule has 0 fully saturated rings. The van der Waals surface area contributed by atoms with Crippen LogP contribution in [-0.4, -0.2) is 47.1 Å². The summed E-state index contributed by atoms with van der Waals surface area (Å²) in [5, 5.41) is 14.8. The molecule has 7 nitrogen and oxygen atoms in total. The number of aliphatic carboxylic acids is 2. The minimum Gasteiger partial charge on any atom is -0.473 e. The topological polar surface area (TPSA) is 116 Å². The van der Waals surface area contributed by atoms with E-state index in [9.17, 15) is 0 Å². The van der Waals surface area contributed by atoms with Crippen LogP contribution in [0.3, 0.4) is 0 Å². The first-order valence-electron chi connectivity index (χ1n) is 5.32. The van der Waals surface area contributed by atoms with Crippen LogP contribution in [-0.2, 0) is 16.1 Å². The van der Waals surface area contributed by atoms with Gasteiger partial charge in [0.05, 0.1) is 6.54 Å². The standard InChI is InChI=1S/C10H15N3.C2H2O4/c1-13(2)10(11)12-8-9-6-4-3-5-7-9;3-1(4)2(5)6/h3-7H,8H2,1-2H3,(H2,11,12);(H,3,4)(H,5,6). The second kappa shape index (κ2) is 8.51. The lowest BCUT2D eigenvalue weighted by Gasteiger charge is -2.10. The molecule has 0 bridgehead atoms. The summed E-state index contributed by atoms with van der Waals surface area (Å²) >= 11 is 0. The Morgan fingerprint density at radius 3 is 2.00 bits per heavy atom. The van der Waals surface area contributed by atoms with Crippen molar-refractivity contribution in [2.45, 2.75) is 6.54 Å². The molecule has 0 saturated heterocycles. The van der Waals surface area contributed by atoms with Crippen LogP contribution in [0, 0.1) is 0 Å². The summed E-state index contributed by atoms with van der Waals surface area (Å²) in [5.74, 6) is -3.09. The molecule has 19 heavy (non-hydrogen) atoms. The molecule has 4 N–H and O–H groups in total. The fourth-order valence-corrected chi connectivity index (χ4v) is 0.897. The highest BCUT2D eigenvalue weighted by atomic mass is 16.4. The molecule has 0 aromatic heterocycles. The van der Waals surface area contributed by atoms with Gasteiger partial charge in [0.15, 0.2) is 5.96 Å². The highest BCUT2D eigenvalue weighted by Crippen LogP contribution is 1.99. The minimum atomic E-state index is -1.82. The van der Waals surface area contributed by atoms with Crippen molar-refractivity contribution in [2.75, 3.05) is 14.1 Å². The van der Waals surface area contributed by atoms with Gasteiger partial charge in [-0.05, 0) is 5.56 Å². The van der Waals surface area contributed by atoms with E-state index in [4.69, 9.17) is 25.5 Å². The van der Waals surface area contributed by atoms with Crippen molar-refractivity contribution in [3.8, 4) is 0 Å². The summed E-state index contributed by atoms with van der Waals surface area (Å²) in [7, 11) is 3.76. The van der Waals surface area contributed by atoms with Crippen LogP contribution < -0.4 is 5.73 Å². The van der Waals surface area contributed by atoms with E-state index >= 15 is 0 Å². The Morgan fingerprint density at radius 2 is 1.63 bits per heavy atom. The molecular formula is C12H17N3O4. The average Bonchev–Trinajstić information content (AvgIpc) is 2.37. The van der Waals surface area contributed by atoms with Crippen LogP contribution in [0.25, 0.3) is 0 Å². The number of rotatable bonds is 2. The Morgan fingerprint density at radius 1 is 1.16 bits per heavy atom. The third-order valence-corrected chi connectivity index (χ3v) is 1.91. The van der Waals surface area contributed by atoms with Gasteiger partial charge in [0.2, 0.25) is 0 Å². The Bertz CT molecular complexity index is 432. The molecule has 7 heteroatoms. The van der Waals surface area contributed by atoms with Crippen molar-refractivity contribution < 1.29 is 19.8 Å². The molecule has 0 atom stereocenters. The molecule has 0 aliphatic rings. The van der Waals surface area contributed by atoms with Gasteiger partial charge in [-0.3, -0.25) is 0 Å². The molecule has 104 valence electrons. The van der Waals surface area contributed by atoms with Crippen LogP contribution in [0.4, 0.5) is 0 Å². The average molecular weight is 267 g/mol. The number of nitrogens with zero attached hydrogens (tertiary/aromatic N) is 2. The van der Waals surface area contributed by atoms with Crippen molar-refractivity contribution in [3.05, 3.63) is 35.9 Å². The molecule has 0 aliphatic carbocycles. The smallest absolute Gasteiger partial charge is 0.414 e. The second-order valence-electron chi connectivity index (χ2n) is 3.66. The highest BCUT2D eigenvalue weighted by Gasteiger charge is 2.04. The van der Waals surface area contributed by atoms with Crippen LogP contribution in [0.15, 0.2) is 35.3 Å². The van der Waals surface area contributed by atoms with Crippen molar-refractivity contribution in [1.82, 2.24) is 4.90 Å². The maximum Gasteiger partial charge on any atom is 0.414 e. The number of hydrogen-bond donors (Lipinski definition) is 3. The molecule has 1 aromatic carbocycles. The number of carbonyl (C=O) groups is 2. The van der Waals surface area contributed by atoms with Crippen LogP contribution in [0.2, 0.25) is 0 Å². The van der Waals surface area contributed by atoms with Gasteiger partial charge in [0, 0.05) is 14.1 Å². The van der Waals surface area contributed by atoms with Gasteiger partial charge in [0.25, 0.3) is 0 Å². The number of hydrogen-bond acceptors (Lipinski definition) is 3. The third kappa shape index (κ3) is 8.19. The summed E-state index contributed by atoms with van der Waals surface area (Å²) in [6.45, 7) is 0.644. The molecule has 0 amide bonds. The first-order valence-corrected chi connectivity index (χ1v) is 5.32. The Labute approximate surface area is 111 Å². The van der Waals surface area contributed by atoms with E-state index in [0.29, 0.717) is 12.5 Å². The van der Waals surface area contributed by atoms with E-state index in [1.807, 2.05) is 44.4 Å². The molecular weight excluding hydrogens is 250 g/mol. The maximum atomic E-state index is 9.10. The zero-order chi connectivity index (χ0) is 14.8. The SMILES string of the molecule is CN(C)C(N)=NCc1ccccc1.O=C(O)C(=O)O. The fourth-order valence-electron chi connectivity index (χ4n) is 0.897.